The number of aliphatic hydroxyl groups excluding tert-OH is 1. The third kappa shape index (κ3) is 3.11. The molecule has 0 saturated carbocycles. The van der Waals surface area contributed by atoms with Gasteiger partial charge in [-0.15, -0.1) is 0 Å². The van der Waals surface area contributed by atoms with E-state index < -0.39 is 0 Å². The highest BCUT2D eigenvalue weighted by Crippen LogP contribution is 2.20. The van der Waals surface area contributed by atoms with Crippen LogP contribution >= 0.6 is 11.6 Å². The first-order valence-electron chi connectivity index (χ1n) is 6.60. The van der Waals surface area contributed by atoms with Crippen LogP contribution < -0.4 is 5.32 Å². The molecule has 0 aliphatic rings. The van der Waals surface area contributed by atoms with E-state index in [1.165, 1.54) is 0 Å². The van der Waals surface area contributed by atoms with Crippen LogP contribution in [0, 0.1) is 0 Å². The summed E-state index contributed by atoms with van der Waals surface area (Å²) in [5.41, 5.74) is 1.47. The minimum Gasteiger partial charge on any atom is -0.388 e. The van der Waals surface area contributed by atoms with Gasteiger partial charge in [0.15, 0.2) is 0 Å². The predicted octanol–water partition coefficient (Wildman–Crippen LogP) is 2.10. The summed E-state index contributed by atoms with van der Waals surface area (Å²) in [7, 11) is 0. The monoisotopic (exact) mass is 295 g/mol. The van der Waals surface area contributed by atoms with Crippen LogP contribution in [0.15, 0.2) is 18.2 Å². The van der Waals surface area contributed by atoms with Gasteiger partial charge in [-0.2, -0.15) is 0 Å². The van der Waals surface area contributed by atoms with E-state index in [0.29, 0.717) is 16.4 Å². The van der Waals surface area contributed by atoms with Gasteiger partial charge < -0.3 is 15.0 Å². The molecule has 5 nitrogen and oxygen atoms in total. The van der Waals surface area contributed by atoms with E-state index >= 15 is 0 Å². The van der Waals surface area contributed by atoms with E-state index in [1.807, 2.05) is 13.8 Å². The molecule has 1 heterocycles. The molecule has 0 radical (unpaired) electrons. The van der Waals surface area contributed by atoms with Gasteiger partial charge >= 0.3 is 0 Å². The minimum atomic E-state index is -0.219. The van der Waals surface area contributed by atoms with Gasteiger partial charge in [0.25, 0.3) is 0 Å². The maximum atomic E-state index is 12.0. The number of halogens is 1. The van der Waals surface area contributed by atoms with Crippen LogP contribution in [0.1, 0.15) is 26.1 Å². The lowest BCUT2D eigenvalue weighted by atomic mass is 10.2. The molecule has 0 saturated heterocycles. The van der Waals surface area contributed by atoms with Crippen LogP contribution in [0.25, 0.3) is 11.0 Å². The molecule has 20 heavy (non-hydrogen) atoms. The lowest BCUT2D eigenvalue weighted by molar-refractivity contribution is -0.122. The number of hydrogen-bond donors (Lipinski definition) is 2. The van der Waals surface area contributed by atoms with Crippen molar-refractivity contribution in [2.45, 2.75) is 39.5 Å². The van der Waals surface area contributed by atoms with Crippen molar-refractivity contribution in [2.75, 3.05) is 0 Å². The molecule has 2 aromatic rings. The molecular weight excluding hydrogens is 278 g/mol. The quantitative estimate of drug-likeness (QED) is 0.887. The molecule has 1 aromatic heterocycles. The van der Waals surface area contributed by atoms with Crippen molar-refractivity contribution < 1.29 is 9.90 Å². The summed E-state index contributed by atoms with van der Waals surface area (Å²) >= 11 is 5.93. The van der Waals surface area contributed by atoms with E-state index in [2.05, 4.69) is 10.3 Å². The Labute approximate surface area is 122 Å². The summed E-state index contributed by atoms with van der Waals surface area (Å²) < 4.78 is 1.71. The number of hydrogen-bond acceptors (Lipinski definition) is 3. The Bertz CT molecular complexity index is 624. The maximum absolute atomic E-state index is 12.0. The normalized spacial score (nSPS) is 12.6. The second-order valence-electron chi connectivity index (χ2n) is 4.78. The number of aromatic nitrogens is 2. The summed E-state index contributed by atoms with van der Waals surface area (Å²) in [5.74, 6) is 0.366. The fourth-order valence-electron chi connectivity index (χ4n) is 2.02. The number of imidazole rings is 1. The second-order valence-corrected chi connectivity index (χ2v) is 5.22. The van der Waals surface area contributed by atoms with Gasteiger partial charge in [0, 0.05) is 11.1 Å². The Balaban J connectivity index is 2.30. The molecule has 2 rings (SSSR count). The summed E-state index contributed by atoms with van der Waals surface area (Å²) in [6.45, 7) is 3.89. The predicted molar refractivity (Wildman–Crippen MR) is 78.6 cm³/mol. The summed E-state index contributed by atoms with van der Waals surface area (Å²) in [6, 6.07) is 5.40. The molecule has 1 aromatic carbocycles. The van der Waals surface area contributed by atoms with E-state index in [1.54, 1.807) is 22.8 Å². The Morgan fingerprint density at radius 1 is 1.55 bits per heavy atom. The largest absolute Gasteiger partial charge is 0.388 e. The second kappa shape index (κ2) is 6.24. The molecule has 0 spiro atoms. The van der Waals surface area contributed by atoms with Crippen LogP contribution in [0.2, 0.25) is 5.02 Å². The molecule has 1 amide bonds. The number of rotatable bonds is 5. The van der Waals surface area contributed by atoms with Gasteiger partial charge in [0.05, 0.1) is 11.0 Å². The van der Waals surface area contributed by atoms with E-state index in [-0.39, 0.29) is 25.1 Å². The van der Waals surface area contributed by atoms with Gasteiger partial charge in [-0.05, 0) is 31.5 Å². The molecule has 1 atom stereocenters. The molecule has 6 heteroatoms. The molecule has 2 N–H and O–H groups in total. The molecule has 0 aliphatic heterocycles. The highest BCUT2D eigenvalue weighted by Gasteiger charge is 2.14. The lowest BCUT2D eigenvalue weighted by Gasteiger charge is -2.13. The minimum absolute atomic E-state index is 0.0942. The summed E-state index contributed by atoms with van der Waals surface area (Å²) in [5, 5.41) is 12.9. The number of fused-ring (bicyclic) bond motifs is 1. The topological polar surface area (TPSA) is 67.2 Å². The van der Waals surface area contributed by atoms with E-state index in [4.69, 9.17) is 11.6 Å². The highest BCUT2D eigenvalue weighted by atomic mass is 35.5. The van der Waals surface area contributed by atoms with Crippen molar-refractivity contribution >= 4 is 28.5 Å². The molecular formula is C14H18ClN3O2. The van der Waals surface area contributed by atoms with Crippen molar-refractivity contribution in [3.63, 3.8) is 0 Å². The number of nitrogens with zero attached hydrogens (tertiary/aromatic N) is 2. The van der Waals surface area contributed by atoms with Gasteiger partial charge in [0.2, 0.25) is 5.91 Å². The average Bonchev–Trinajstić information content (AvgIpc) is 2.75. The SMILES string of the molecule is CCC(C)NC(=O)Cn1c(CO)nc2cc(Cl)ccc21. The van der Waals surface area contributed by atoms with Crippen molar-refractivity contribution in [3.8, 4) is 0 Å². The zero-order chi connectivity index (χ0) is 14.7. The average molecular weight is 296 g/mol. The Hall–Kier alpha value is -1.59. The number of carbonyl (C=O) groups is 1. The van der Waals surface area contributed by atoms with Crippen LogP contribution in [0.4, 0.5) is 0 Å². The van der Waals surface area contributed by atoms with Crippen molar-refractivity contribution in [1.82, 2.24) is 14.9 Å². The third-order valence-electron chi connectivity index (χ3n) is 3.25. The van der Waals surface area contributed by atoms with Crippen LogP contribution in [0.5, 0.6) is 0 Å². The van der Waals surface area contributed by atoms with Crippen molar-refractivity contribution in [1.29, 1.82) is 0 Å². The number of carbonyl (C=O) groups excluding carboxylic acids is 1. The van der Waals surface area contributed by atoms with Gasteiger partial charge in [0.1, 0.15) is 19.0 Å². The van der Waals surface area contributed by atoms with Crippen LogP contribution in [-0.4, -0.2) is 26.6 Å². The van der Waals surface area contributed by atoms with Crippen molar-refractivity contribution in [3.05, 3.63) is 29.0 Å². The molecule has 1 unspecified atom stereocenters. The van der Waals surface area contributed by atoms with Gasteiger partial charge in [-0.25, -0.2) is 4.98 Å². The lowest BCUT2D eigenvalue weighted by Crippen LogP contribution is -2.34. The van der Waals surface area contributed by atoms with Crippen molar-refractivity contribution in [2.24, 2.45) is 0 Å². The standard InChI is InChI=1S/C14H18ClN3O2/c1-3-9(2)16-14(20)7-18-12-5-4-10(15)6-11(12)17-13(18)8-19/h4-6,9,19H,3,7-8H2,1-2H3,(H,16,20). The number of nitrogens with one attached hydrogen (secondary N) is 1. The highest BCUT2D eigenvalue weighted by molar-refractivity contribution is 6.31. The molecule has 108 valence electrons. The Morgan fingerprint density at radius 3 is 2.95 bits per heavy atom. The molecule has 0 bridgehead atoms. The fraction of sp³-hybridized carbons (Fsp3) is 0.429. The first kappa shape index (κ1) is 14.8. The maximum Gasteiger partial charge on any atom is 0.240 e. The van der Waals surface area contributed by atoms with Gasteiger partial charge in [-0.3, -0.25) is 4.79 Å². The first-order valence-corrected chi connectivity index (χ1v) is 6.97. The Morgan fingerprint density at radius 2 is 2.30 bits per heavy atom. The molecule has 0 aliphatic carbocycles. The summed E-state index contributed by atoms with van der Waals surface area (Å²) in [4.78, 5) is 16.3. The smallest absolute Gasteiger partial charge is 0.240 e. The third-order valence-corrected chi connectivity index (χ3v) is 3.49. The zero-order valence-electron chi connectivity index (χ0n) is 11.6. The number of aliphatic hydroxyl groups is 1. The molecule has 0 fully saturated rings. The van der Waals surface area contributed by atoms with E-state index in [0.717, 1.165) is 11.9 Å². The summed E-state index contributed by atoms with van der Waals surface area (Å²) in [6.07, 6.45) is 0.874. The fourth-order valence-corrected chi connectivity index (χ4v) is 2.18. The zero-order valence-corrected chi connectivity index (χ0v) is 12.3. The van der Waals surface area contributed by atoms with Crippen LogP contribution in [0.3, 0.4) is 0 Å². The van der Waals surface area contributed by atoms with E-state index in [9.17, 15) is 9.90 Å². The number of amides is 1. The van der Waals surface area contributed by atoms with Crippen LogP contribution in [-0.2, 0) is 17.9 Å². The van der Waals surface area contributed by atoms with Gasteiger partial charge in [-0.1, -0.05) is 18.5 Å². The Kier molecular flexibility index (Phi) is 4.62. The number of benzene rings is 1. The first-order chi connectivity index (χ1) is 9.55.